The van der Waals surface area contributed by atoms with Gasteiger partial charge >= 0.3 is 0 Å². The van der Waals surface area contributed by atoms with Gasteiger partial charge in [-0.3, -0.25) is 4.79 Å². The van der Waals surface area contributed by atoms with Crippen LogP contribution in [0, 0.1) is 5.92 Å². The van der Waals surface area contributed by atoms with E-state index in [-0.39, 0.29) is 16.2 Å². The van der Waals surface area contributed by atoms with E-state index < -0.39 is 16.1 Å². The van der Waals surface area contributed by atoms with E-state index in [0.717, 1.165) is 37.0 Å². The number of rotatable bonds is 6. The predicted molar refractivity (Wildman–Crippen MR) is 103 cm³/mol. The van der Waals surface area contributed by atoms with Crippen molar-refractivity contribution in [3.05, 3.63) is 53.4 Å². The van der Waals surface area contributed by atoms with Gasteiger partial charge < -0.3 is 5.32 Å². The lowest BCUT2D eigenvalue weighted by Crippen LogP contribution is -2.45. The van der Waals surface area contributed by atoms with Gasteiger partial charge in [0.25, 0.3) is 10.0 Å². The summed E-state index contributed by atoms with van der Waals surface area (Å²) in [5.74, 6) is 0.390. The summed E-state index contributed by atoms with van der Waals surface area (Å²) >= 11 is 1.13. The van der Waals surface area contributed by atoms with E-state index in [4.69, 9.17) is 0 Å². The van der Waals surface area contributed by atoms with Crippen LogP contribution in [0.2, 0.25) is 0 Å². The summed E-state index contributed by atoms with van der Waals surface area (Å²) in [5.41, 5.74) is 0.634. The fourth-order valence-electron chi connectivity index (χ4n) is 3.24. The lowest BCUT2D eigenvalue weighted by atomic mass is 9.87. The van der Waals surface area contributed by atoms with Gasteiger partial charge in [0.1, 0.15) is 10.3 Å². The lowest BCUT2D eigenvalue weighted by molar-refractivity contribution is -0.123. The molecule has 1 fully saturated rings. The van der Waals surface area contributed by atoms with E-state index in [0.29, 0.717) is 11.5 Å². The van der Waals surface area contributed by atoms with Crippen LogP contribution in [0.25, 0.3) is 0 Å². The molecule has 1 aliphatic rings. The Kier molecular flexibility index (Phi) is 6.11. The van der Waals surface area contributed by atoms with Crippen LogP contribution in [0.3, 0.4) is 0 Å². The van der Waals surface area contributed by atoms with E-state index >= 15 is 0 Å². The van der Waals surface area contributed by atoms with Crippen LogP contribution >= 0.6 is 11.3 Å². The maximum atomic E-state index is 12.9. The Hall–Kier alpha value is -1.70. The SMILES string of the molecule is CC1CCC(NC(=O)[C@H](NS(=O)(=O)c2cccs2)c2ccccc2)CC1. The quantitative estimate of drug-likeness (QED) is 0.790. The second-order valence-corrected chi connectivity index (χ2v) is 9.75. The summed E-state index contributed by atoms with van der Waals surface area (Å²) in [6.45, 7) is 2.22. The van der Waals surface area contributed by atoms with E-state index in [1.54, 1.807) is 35.7 Å². The summed E-state index contributed by atoms with van der Waals surface area (Å²) < 4.78 is 28.1. The molecule has 0 radical (unpaired) electrons. The van der Waals surface area contributed by atoms with Gasteiger partial charge in [-0.2, -0.15) is 4.72 Å². The van der Waals surface area contributed by atoms with Crippen LogP contribution in [-0.2, 0) is 14.8 Å². The van der Waals surface area contributed by atoms with Crippen LogP contribution in [-0.4, -0.2) is 20.4 Å². The number of thiophene rings is 1. The first-order valence-electron chi connectivity index (χ1n) is 8.87. The van der Waals surface area contributed by atoms with Crippen molar-refractivity contribution in [3.63, 3.8) is 0 Å². The second-order valence-electron chi connectivity index (χ2n) is 6.86. The van der Waals surface area contributed by atoms with Crippen LogP contribution in [0.5, 0.6) is 0 Å². The summed E-state index contributed by atoms with van der Waals surface area (Å²) in [7, 11) is -3.75. The highest BCUT2D eigenvalue weighted by Crippen LogP contribution is 2.25. The Balaban J connectivity index is 1.79. The molecule has 140 valence electrons. The minimum absolute atomic E-state index is 0.108. The highest BCUT2D eigenvalue weighted by atomic mass is 32.2. The summed E-state index contributed by atoms with van der Waals surface area (Å²) in [6, 6.07) is 11.4. The zero-order valence-electron chi connectivity index (χ0n) is 14.7. The maximum Gasteiger partial charge on any atom is 0.251 e. The molecule has 1 aromatic heterocycles. The van der Waals surface area contributed by atoms with Gasteiger partial charge in [-0.25, -0.2) is 8.42 Å². The predicted octanol–water partition coefficient (Wildman–Crippen LogP) is 3.46. The number of hydrogen-bond donors (Lipinski definition) is 2. The van der Waals surface area contributed by atoms with E-state index in [1.165, 1.54) is 6.07 Å². The number of benzene rings is 1. The highest BCUT2D eigenvalue weighted by Gasteiger charge is 2.30. The van der Waals surface area contributed by atoms with Crippen molar-refractivity contribution in [2.45, 2.75) is 48.9 Å². The monoisotopic (exact) mass is 392 g/mol. The fourth-order valence-corrected chi connectivity index (χ4v) is 5.43. The molecule has 1 amide bonds. The third-order valence-corrected chi connectivity index (χ3v) is 7.61. The Morgan fingerprint density at radius 3 is 2.38 bits per heavy atom. The number of hydrogen-bond acceptors (Lipinski definition) is 4. The van der Waals surface area contributed by atoms with Crippen molar-refractivity contribution >= 4 is 27.3 Å². The average molecular weight is 393 g/mol. The second kappa shape index (κ2) is 8.33. The molecule has 1 atom stereocenters. The number of sulfonamides is 1. The van der Waals surface area contributed by atoms with Crippen molar-refractivity contribution < 1.29 is 13.2 Å². The fraction of sp³-hybridized carbons (Fsp3) is 0.421. The van der Waals surface area contributed by atoms with Gasteiger partial charge in [-0.1, -0.05) is 43.3 Å². The molecule has 1 heterocycles. The molecular formula is C19H24N2O3S2. The number of carbonyl (C=O) groups is 1. The molecule has 2 aromatic rings. The normalized spacial score (nSPS) is 21.9. The van der Waals surface area contributed by atoms with Gasteiger partial charge in [0, 0.05) is 6.04 Å². The topological polar surface area (TPSA) is 75.3 Å². The molecule has 1 saturated carbocycles. The third kappa shape index (κ3) is 4.72. The number of carbonyl (C=O) groups excluding carboxylic acids is 1. The zero-order chi connectivity index (χ0) is 18.6. The number of amides is 1. The van der Waals surface area contributed by atoms with Gasteiger partial charge in [0.05, 0.1) is 0 Å². The molecule has 5 nitrogen and oxygen atoms in total. The molecule has 0 aliphatic heterocycles. The summed E-state index contributed by atoms with van der Waals surface area (Å²) in [4.78, 5) is 12.9. The largest absolute Gasteiger partial charge is 0.352 e. The van der Waals surface area contributed by atoms with Crippen molar-refractivity contribution in [1.82, 2.24) is 10.0 Å². The minimum atomic E-state index is -3.75. The Morgan fingerprint density at radius 1 is 1.08 bits per heavy atom. The molecule has 3 rings (SSSR count). The van der Waals surface area contributed by atoms with Crippen LogP contribution in [0.1, 0.15) is 44.2 Å². The van der Waals surface area contributed by atoms with E-state index in [2.05, 4.69) is 17.0 Å². The molecule has 7 heteroatoms. The van der Waals surface area contributed by atoms with Crippen molar-refractivity contribution in [1.29, 1.82) is 0 Å². The first-order chi connectivity index (χ1) is 12.5. The zero-order valence-corrected chi connectivity index (χ0v) is 16.4. The molecule has 0 saturated heterocycles. The third-order valence-electron chi connectivity index (χ3n) is 4.79. The first-order valence-corrected chi connectivity index (χ1v) is 11.2. The Labute approximate surface area is 158 Å². The van der Waals surface area contributed by atoms with Crippen molar-refractivity contribution in [3.8, 4) is 0 Å². The van der Waals surface area contributed by atoms with E-state index in [9.17, 15) is 13.2 Å². The molecule has 1 aromatic carbocycles. The lowest BCUT2D eigenvalue weighted by Gasteiger charge is -2.28. The Bertz CT molecular complexity index is 812. The number of nitrogens with one attached hydrogen (secondary N) is 2. The maximum absolute atomic E-state index is 12.9. The van der Waals surface area contributed by atoms with Crippen molar-refractivity contribution in [2.75, 3.05) is 0 Å². The van der Waals surface area contributed by atoms with Crippen LogP contribution in [0.15, 0.2) is 52.1 Å². The molecule has 0 unspecified atom stereocenters. The van der Waals surface area contributed by atoms with Gasteiger partial charge in [0.15, 0.2) is 0 Å². The highest BCUT2D eigenvalue weighted by molar-refractivity contribution is 7.91. The van der Waals surface area contributed by atoms with Crippen LogP contribution in [0.4, 0.5) is 0 Å². The molecule has 0 spiro atoms. The van der Waals surface area contributed by atoms with Crippen molar-refractivity contribution in [2.24, 2.45) is 5.92 Å². The Morgan fingerprint density at radius 2 is 1.77 bits per heavy atom. The standard InChI is InChI=1S/C19H24N2O3S2/c1-14-9-11-16(12-10-14)20-19(22)18(15-6-3-2-4-7-15)21-26(23,24)17-8-5-13-25-17/h2-8,13-14,16,18,21H,9-12H2,1H3,(H,20,22)/t14?,16?,18-/m1/s1. The average Bonchev–Trinajstić information content (AvgIpc) is 3.18. The minimum Gasteiger partial charge on any atom is -0.352 e. The van der Waals surface area contributed by atoms with Gasteiger partial charge in [-0.05, 0) is 48.6 Å². The smallest absolute Gasteiger partial charge is 0.251 e. The molecule has 26 heavy (non-hydrogen) atoms. The first kappa shape index (κ1) is 19.1. The van der Waals surface area contributed by atoms with Gasteiger partial charge in [0.2, 0.25) is 5.91 Å². The van der Waals surface area contributed by atoms with Gasteiger partial charge in [-0.15, -0.1) is 11.3 Å². The molecule has 2 N–H and O–H groups in total. The molecule has 1 aliphatic carbocycles. The van der Waals surface area contributed by atoms with Crippen LogP contribution < -0.4 is 10.0 Å². The van der Waals surface area contributed by atoms with E-state index in [1.807, 2.05) is 6.07 Å². The molecule has 0 bridgehead atoms. The summed E-state index contributed by atoms with van der Waals surface area (Å²) in [6.07, 6.45) is 4.04. The summed E-state index contributed by atoms with van der Waals surface area (Å²) in [5, 5.41) is 4.75. The molecular weight excluding hydrogens is 368 g/mol.